The zero-order valence-electron chi connectivity index (χ0n) is 25.4. The minimum absolute atomic E-state index is 0.0231. The predicted molar refractivity (Wildman–Crippen MR) is 168 cm³/mol. The molecule has 0 amide bonds. The van der Waals surface area contributed by atoms with Gasteiger partial charge in [0.05, 0.1) is 52.4 Å². The van der Waals surface area contributed by atoms with Crippen molar-refractivity contribution in [3.05, 3.63) is 106 Å². The Labute approximate surface area is 259 Å². The predicted octanol–water partition coefficient (Wildman–Crippen LogP) is 6.56. The lowest BCUT2D eigenvalue weighted by atomic mass is 9.84. The molecule has 1 aromatic heterocycles. The molecule has 0 spiro atoms. The van der Waals surface area contributed by atoms with Gasteiger partial charge in [0, 0.05) is 23.5 Å². The first-order chi connectivity index (χ1) is 21.9. The molecule has 0 aliphatic carbocycles. The van der Waals surface area contributed by atoms with E-state index in [2.05, 4.69) is 0 Å². The lowest BCUT2D eigenvalue weighted by Crippen LogP contribution is -2.22. The number of hydrogen-bond donors (Lipinski definition) is 0. The van der Waals surface area contributed by atoms with Crippen LogP contribution in [0, 0.1) is 0 Å². The molecule has 2 heterocycles. The van der Waals surface area contributed by atoms with Crippen molar-refractivity contribution < 1.29 is 37.6 Å². The second kappa shape index (κ2) is 12.7. The van der Waals surface area contributed by atoms with E-state index < -0.39 is 11.9 Å². The Kier molecular flexibility index (Phi) is 8.33. The van der Waals surface area contributed by atoms with Crippen molar-refractivity contribution in [1.82, 2.24) is 0 Å². The van der Waals surface area contributed by atoms with Crippen LogP contribution in [0.5, 0.6) is 34.5 Å². The van der Waals surface area contributed by atoms with Crippen molar-refractivity contribution in [1.29, 1.82) is 0 Å². The fourth-order valence-electron chi connectivity index (χ4n) is 5.71. The highest BCUT2D eigenvalue weighted by atomic mass is 16.5. The highest BCUT2D eigenvalue weighted by Gasteiger charge is 2.34. The molecule has 5 aromatic rings. The fraction of sp³-hybridized carbons (Fsp3) is 0.222. The molecule has 1 atom stereocenters. The van der Waals surface area contributed by atoms with E-state index in [4.69, 9.17) is 32.8 Å². The third-order valence-electron chi connectivity index (χ3n) is 7.98. The summed E-state index contributed by atoms with van der Waals surface area (Å²) in [6.07, 6.45) is 2.09. The van der Waals surface area contributed by atoms with Gasteiger partial charge in [-0.3, -0.25) is 9.59 Å². The van der Waals surface area contributed by atoms with Crippen molar-refractivity contribution in [3.8, 4) is 45.6 Å². The summed E-state index contributed by atoms with van der Waals surface area (Å²) in [5, 5.41) is 0.355. The summed E-state index contributed by atoms with van der Waals surface area (Å²) < 4.78 is 39.9. The van der Waals surface area contributed by atoms with Crippen molar-refractivity contribution in [2.24, 2.45) is 0 Å². The van der Waals surface area contributed by atoms with Gasteiger partial charge in [0.2, 0.25) is 5.43 Å². The lowest BCUT2D eigenvalue weighted by molar-refractivity contribution is -0.135. The molecule has 6 rings (SSSR count). The quantitative estimate of drug-likeness (QED) is 0.129. The average Bonchev–Trinajstić information content (AvgIpc) is 3.07. The second-order valence-electron chi connectivity index (χ2n) is 10.5. The Bertz CT molecular complexity index is 1920. The summed E-state index contributed by atoms with van der Waals surface area (Å²) >= 11 is 0. The number of carbonyl (C=O) groups is 1. The van der Waals surface area contributed by atoms with Crippen LogP contribution in [0.2, 0.25) is 0 Å². The van der Waals surface area contributed by atoms with E-state index in [1.165, 1.54) is 13.4 Å². The van der Waals surface area contributed by atoms with E-state index in [0.717, 1.165) is 16.9 Å². The van der Waals surface area contributed by atoms with Gasteiger partial charge in [0.15, 0.2) is 23.0 Å². The maximum absolute atomic E-state index is 13.9. The standard InChI is InChI=1S/C36H32O9/c1-39-23-11-8-21(9-12-23)16-17-43-35-24(6-5-7-30(35)41-3)26-19-32(37)45-29-15-13-25-34(38)27(20-44-36(25)33(26)29)22-10-14-28(40-2)31(18-22)42-4/h5-15,18,20,26H,16-17,19H2,1-4H3/t26-/m0/s1. The van der Waals surface area contributed by atoms with Gasteiger partial charge < -0.3 is 32.8 Å². The number of benzene rings is 4. The Morgan fingerprint density at radius 3 is 2.31 bits per heavy atom. The number of rotatable bonds is 10. The molecule has 230 valence electrons. The van der Waals surface area contributed by atoms with E-state index in [0.29, 0.717) is 69.4 Å². The third-order valence-corrected chi connectivity index (χ3v) is 7.98. The lowest BCUT2D eigenvalue weighted by Gasteiger charge is -2.27. The van der Waals surface area contributed by atoms with Gasteiger partial charge in [0.25, 0.3) is 0 Å². The minimum Gasteiger partial charge on any atom is -0.497 e. The Morgan fingerprint density at radius 2 is 1.58 bits per heavy atom. The zero-order chi connectivity index (χ0) is 31.5. The van der Waals surface area contributed by atoms with Gasteiger partial charge >= 0.3 is 5.97 Å². The van der Waals surface area contributed by atoms with Crippen LogP contribution in [0.1, 0.15) is 29.0 Å². The first kappa shape index (κ1) is 29.6. The first-order valence-corrected chi connectivity index (χ1v) is 14.4. The van der Waals surface area contributed by atoms with Crippen LogP contribution in [0.4, 0.5) is 0 Å². The Hall–Kier alpha value is -5.44. The smallest absolute Gasteiger partial charge is 0.312 e. The van der Waals surface area contributed by atoms with Crippen molar-refractivity contribution in [3.63, 3.8) is 0 Å². The second-order valence-corrected chi connectivity index (χ2v) is 10.5. The minimum atomic E-state index is -0.522. The summed E-state index contributed by atoms with van der Waals surface area (Å²) in [6, 6.07) is 21.8. The summed E-state index contributed by atoms with van der Waals surface area (Å²) in [5.41, 5.74) is 3.48. The molecule has 1 aliphatic rings. The van der Waals surface area contributed by atoms with Gasteiger partial charge in [-0.2, -0.15) is 0 Å². The molecule has 9 heteroatoms. The monoisotopic (exact) mass is 608 g/mol. The Balaban J connectivity index is 1.41. The molecule has 45 heavy (non-hydrogen) atoms. The van der Waals surface area contributed by atoms with E-state index in [-0.39, 0.29) is 11.8 Å². The topological polar surface area (TPSA) is 103 Å². The van der Waals surface area contributed by atoms with Crippen LogP contribution in [0.3, 0.4) is 0 Å². The molecule has 0 N–H and O–H groups in total. The molecular formula is C36H32O9. The number of methoxy groups -OCH3 is 4. The van der Waals surface area contributed by atoms with Crippen LogP contribution < -0.4 is 33.8 Å². The van der Waals surface area contributed by atoms with E-state index >= 15 is 0 Å². The number of fused-ring (bicyclic) bond motifs is 3. The number of hydrogen-bond acceptors (Lipinski definition) is 9. The normalized spacial score (nSPS) is 14.0. The molecule has 1 aliphatic heterocycles. The molecule has 0 radical (unpaired) electrons. The van der Waals surface area contributed by atoms with Crippen LogP contribution in [-0.4, -0.2) is 41.0 Å². The molecule has 0 bridgehead atoms. The van der Waals surface area contributed by atoms with Crippen molar-refractivity contribution >= 4 is 16.9 Å². The summed E-state index contributed by atoms with van der Waals surface area (Å²) in [6.45, 7) is 0.364. The van der Waals surface area contributed by atoms with Gasteiger partial charge in [0.1, 0.15) is 23.3 Å². The van der Waals surface area contributed by atoms with Gasteiger partial charge in [-0.1, -0.05) is 30.3 Å². The van der Waals surface area contributed by atoms with Crippen LogP contribution >= 0.6 is 0 Å². The highest BCUT2D eigenvalue weighted by Crippen LogP contribution is 2.47. The van der Waals surface area contributed by atoms with Gasteiger partial charge in [-0.25, -0.2) is 0 Å². The molecule has 0 saturated heterocycles. The van der Waals surface area contributed by atoms with E-state index in [1.807, 2.05) is 42.5 Å². The number of carbonyl (C=O) groups excluding carboxylic acids is 1. The molecule has 0 fully saturated rings. The fourth-order valence-corrected chi connectivity index (χ4v) is 5.71. The SMILES string of the molecule is COc1ccc(CCOc2c(OC)cccc2[C@@H]2CC(=O)Oc3ccc4c(=O)c(-c5ccc(OC)c(OC)c5)coc4c32)cc1. The highest BCUT2D eigenvalue weighted by molar-refractivity contribution is 5.90. The zero-order valence-corrected chi connectivity index (χ0v) is 25.4. The van der Waals surface area contributed by atoms with Crippen LogP contribution in [-0.2, 0) is 11.2 Å². The largest absolute Gasteiger partial charge is 0.497 e. The molecule has 9 nitrogen and oxygen atoms in total. The van der Waals surface area contributed by atoms with E-state index in [1.54, 1.807) is 51.7 Å². The summed E-state index contributed by atoms with van der Waals surface area (Å²) in [4.78, 5) is 26.7. The number of esters is 1. The van der Waals surface area contributed by atoms with Crippen molar-refractivity contribution in [2.45, 2.75) is 18.8 Å². The summed E-state index contributed by atoms with van der Waals surface area (Å²) in [5.74, 6) is 2.27. The third kappa shape index (κ3) is 5.64. The maximum atomic E-state index is 13.9. The van der Waals surface area contributed by atoms with Crippen molar-refractivity contribution in [2.75, 3.05) is 35.0 Å². The summed E-state index contributed by atoms with van der Waals surface area (Å²) in [7, 11) is 6.29. The maximum Gasteiger partial charge on any atom is 0.312 e. The first-order valence-electron chi connectivity index (χ1n) is 14.4. The molecule has 4 aromatic carbocycles. The van der Waals surface area contributed by atoms with Crippen LogP contribution in [0.15, 0.2) is 88.3 Å². The van der Waals surface area contributed by atoms with Crippen LogP contribution in [0.25, 0.3) is 22.1 Å². The molecule has 0 saturated carbocycles. The van der Waals surface area contributed by atoms with E-state index in [9.17, 15) is 9.59 Å². The average molecular weight is 609 g/mol. The molecule has 0 unspecified atom stereocenters. The van der Waals surface area contributed by atoms with Gasteiger partial charge in [-0.15, -0.1) is 0 Å². The van der Waals surface area contributed by atoms with Gasteiger partial charge in [-0.05, 0) is 53.6 Å². The molecular weight excluding hydrogens is 576 g/mol. The number of para-hydroxylation sites is 1. The number of ether oxygens (including phenoxy) is 6. The Morgan fingerprint density at radius 1 is 0.800 bits per heavy atom.